The molecule has 0 spiro atoms. The van der Waals surface area contributed by atoms with Gasteiger partial charge in [-0.1, -0.05) is 55.8 Å². The predicted octanol–water partition coefficient (Wildman–Crippen LogP) is 4.85. The summed E-state index contributed by atoms with van der Waals surface area (Å²) in [4.78, 5) is 13.8. The summed E-state index contributed by atoms with van der Waals surface area (Å²) < 4.78 is 0. The number of nitrogens with zero attached hydrogens (tertiary/aromatic N) is 3. The van der Waals surface area contributed by atoms with Crippen molar-refractivity contribution in [2.24, 2.45) is 0 Å². The summed E-state index contributed by atoms with van der Waals surface area (Å²) in [6.45, 7) is 7.05. The Kier molecular flexibility index (Phi) is 4.91. The largest absolute Gasteiger partial charge is 0.341 e. The fourth-order valence-electron chi connectivity index (χ4n) is 4.91. The minimum Gasteiger partial charge on any atom is -0.341 e. The van der Waals surface area contributed by atoms with Gasteiger partial charge in [0.25, 0.3) is 0 Å². The average molecular weight is 375 g/mol. The van der Waals surface area contributed by atoms with Crippen LogP contribution in [0.2, 0.25) is 0 Å². The van der Waals surface area contributed by atoms with E-state index in [4.69, 9.17) is 4.98 Å². The van der Waals surface area contributed by atoms with Crippen molar-refractivity contribution < 1.29 is 0 Å². The normalized spacial score (nSPS) is 20.3. The highest BCUT2D eigenvalue weighted by molar-refractivity contribution is 5.95. The quantitative estimate of drug-likeness (QED) is 0.693. The Morgan fingerprint density at radius 3 is 2.57 bits per heavy atom. The first kappa shape index (κ1) is 17.9. The minimum absolute atomic E-state index is 0.430. The first-order valence-corrected chi connectivity index (χ1v) is 10.8. The average Bonchev–Trinajstić information content (AvgIpc) is 3.18. The molecule has 0 bridgehead atoms. The maximum absolute atomic E-state index is 4.77. The van der Waals surface area contributed by atoms with Crippen molar-refractivity contribution >= 4 is 10.8 Å². The molecule has 2 heterocycles. The van der Waals surface area contributed by atoms with Gasteiger partial charge in [0.15, 0.2) is 0 Å². The van der Waals surface area contributed by atoms with Crippen LogP contribution in [-0.4, -0.2) is 52.0 Å². The van der Waals surface area contributed by atoms with Gasteiger partial charge in [0.05, 0.1) is 17.9 Å². The van der Waals surface area contributed by atoms with E-state index in [0.29, 0.717) is 6.04 Å². The minimum atomic E-state index is 0.430. The predicted molar refractivity (Wildman–Crippen MR) is 115 cm³/mol. The molecule has 2 aromatic carbocycles. The maximum Gasteiger partial charge on any atom is 0.138 e. The van der Waals surface area contributed by atoms with Gasteiger partial charge < -0.3 is 4.98 Å². The summed E-state index contributed by atoms with van der Waals surface area (Å²) in [6.07, 6.45) is 7.41. The number of H-pyrrole nitrogens is 1. The van der Waals surface area contributed by atoms with E-state index in [1.807, 2.05) is 0 Å². The molecule has 3 aromatic rings. The van der Waals surface area contributed by atoms with Crippen LogP contribution in [0, 0.1) is 0 Å². The van der Waals surface area contributed by atoms with Gasteiger partial charge in [0, 0.05) is 37.8 Å². The van der Waals surface area contributed by atoms with Gasteiger partial charge in [-0.05, 0) is 30.0 Å². The molecule has 1 aliphatic carbocycles. The lowest BCUT2D eigenvalue weighted by atomic mass is 9.91. The molecule has 1 N–H and O–H groups in total. The van der Waals surface area contributed by atoms with Crippen molar-refractivity contribution in [2.45, 2.75) is 44.7 Å². The van der Waals surface area contributed by atoms with Crippen LogP contribution < -0.4 is 0 Å². The first-order chi connectivity index (χ1) is 13.8. The molecule has 1 saturated carbocycles. The first-order valence-electron chi connectivity index (χ1n) is 10.8. The number of nitrogens with one attached hydrogen (secondary N) is 1. The summed E-state index contributed by atoms with van der Waals surface area (Å²) >= 11 is 0. The fourth-order valence-corrected chi connectivity index (χ4v) is 4.91. The molecule has 1 unspecified atom stereocenters. The number of benzene rings is 2. The lowest BCUT2D eigenvalue weighted by Crippen LogP contribution is -2.52. The van der Waals surface area contributed by atoms with E-state index < -0.39 is 0 Å². The third-order valence-corrected chi connectivity index (χ3v) is 6.77. The molecule has 1 aliphatic heterocycles. The van der Waals surface area contributed by atoms with Crippen molar-refractivity contribution in [3.63, 3.8) is 0 Å². The van der Waals surface area contributed by atoms with Crippen LogP contribution in [0.4, 0.5) is 0 Å². The Labute approximate surface area is 167 Å². The van der Waals surface area contributed by atoms with Gasteiger partial charge in [0.2, 0.25) is 0 Å². The monoisotopic (exact) mass is 374 g/mol. The molecule has 2 aliphatic rings. The number of imidazole rings is 1. The number of piperazine rings is 1. The molecule has 1 aromatic heterocycles. The SMILES string of the molecule is CCC(c1cnc(-c2cccc3ccccc23)[nH]1)N1CCN(C2CCC2)CC1. The van der Waals surface area contributed by atoms with Crippen LogP contribution in [0.1, 0.15) is 44.3 Å². The highest BCUT2D eigenvalue weighted by Gasteiger charge is 2.30. The molecule has 1 atom stereocenters. The van der Waals surface area contributed by atoms with Crippen molar-refractivity contribution in [2.75, 3.05) is 26.2 Å². The van der Waals surface area contributed by atoms with Gasteiger partial charge in [-0.25, -0.2) is 4.98 Å². The molecular formula is C24H30N4. The molecular weight excluding hydrogens is 344 g/mol. The van der Waals surface area contributed by atoms with E-state index in [2.05, 4.69) is 70.4 Å². The van der Waals surface area contributed by atoms with Crippen LogP contribution in [0.3, 0.4) is 0 Å². The summed E-state index contributed by atoms with van der Waals surface area (Å²) in [5.41, 5.74) is 2.44. The molecule has 4 nitrogen and oxygen atoms in total. The fraction of sp³-hybridized carbons (Fsp3) is 0.458. The Morgan fingerprint density at radius 1 is 1.04 bits per heavy atom. The van der Waals surface area contributed by atoms with Crippen molar-refractivity contribution in [1.29, 1.82) is 0 Å². The van der Waals surface area contributed by atoms with E-state index >= 15 is 0 Å². The molecule has 4 heteroatoms. The highest BCUT2D eigenvalue weighted by Crippen LogP contribution is 2.31. The van der Waals surface area contributed by atoms with E-state index in [1.165, 1.54) is 54.4 Å². The zero-order valence-electron chi connectivity index (χ0n) is 16.8. The van der Waals surface area contributed by atoms with Crippen molar-refractivity contribution in [1.82, 2.24) is 19.8 Å². The number of rotatable bonds is 5. The van der Waals surface area contributed by atoms with Crippen LogP contribution >= 0.6 is 0 Å². The van der Waals surface area contributed by atoms with Gasteiger partial charge >= 0.3 is 0 Å². The van der Waals surface area contributed by atoms with Gasteiger partial charge in [-0.3, -0.25) is 9.80 Å². The van der Waals surface area contributed by atoms with E-state index in [1.54, 1.807) is 0 Å². The Morgan fingerprint density at radius 2 is 1.82 bits per heavy atom. The number of aromatic nitrogens is 2. The van der Waals surface area contributed by atoms with E-state index in [9.17, 15) is 0 Å². The van der Waals surface area contributed by atoms with Crippen LogP contribution in [0.15, 0.2) is 48.7 Å². The van der Waals surface area contributed by atoms with Crippen LogP contribution in [0.25, 0.3) is 22.2 Å². The third kappa shape index (κ3) is 3.25. The number of fused-ring (bicyclic) bond motifs is 1. The Bertz CT molecular complexity index is 929. The van der Waals surface area contributed by atoms with E-state index in [-0.39, 0.29) is 0 Å². The zero-order chi connectivity index (χ0) is 18.9. The van der Waals surface area contributed by atoms with Crippen molar-refractivity contribution in [3.05, 3.63) is 54.4 Å². The lowest BCUT2D eigenvalue weighted by molar-refractivity contribution is 0.0406. The molecule has 146 valence electrons. The van der Waals surface area contributed by atoms with Crippen LogP contribution in [-0.2, 0) is 0 Å². The second-order valence-electron chi connectivity index (χ2n) is 8.29. The summed E-state index contributed by atoms with van der Waals surface area (Å²) in [6, 6.07) is 16.3. The second-order valence-corrected chi connectivity index (χ2v) is 8.29. The van der Waals surface area contributed by atoms with Crippen LogP contribution in [0.5, 0.6) is 0 Å². The third-order valence-electron chi connectivity index (χ3n) is 6.77. The molecule has 2 fully saturated rings. The number of hydrogen-bond donors (Lipinski definition) is 1. The van der Waals surface area contributed by atoms with Gasteiger partial charge in [-0.2, -0.15) is 0 Å². The second kappa shape index (κ2) is 7.69. The standard InChI is InChI=1S/C24H30N4/c1-2-23(28-15-13-27(14-16-28)19-9-6-10-19)22-17-25-24(26-22)21-12-5-8-18-7-3-4-11-20(18)21/h3-5,7-8,11-12,17,19,23H,2,6,9-10,13-16H2,1H3,(H,25,26). The number of hydrogen-bond acceptors (Lipinski definition) is 3. The highest BCUT2D eigenvalue weighted by atomic mass is 15.3. The number of aromatic amines is 1. The van der Waals surface area contributed by atoms with Gasteiger partial charge in [0.1, 0.15) is 5.82 Å². The Balaban J connectivity index is 1.35. The zero-order valence-corrected chi connectivity index (χ0v) is 16.8. The summed E-state index contributed by atoms with van der Waals surface area (Å²) in [5, 5.41) is 2.52. The molecule has 0 amide bonds. The van der Waals surface area contributed by atoms with Crippen molar-refractivity contribution in [3.8, 4) is 11.4 Å². The molecule has 28 heavy (non-hydrogen) atoms. The van der Waals surface area contributed by atoms with Gasteiger partial charge in [-0.15, -0.1) is 0 Å². The smallest absolute Gasteiger partial charge is 0.138 e. The molecule has 0 radical (unpaired) electrons. The lowest BCUT2D eigenvalue weighted by Gasteiger charge is -2.44. The maximum atomic E-state index is 4.77. The molecule has 5 rings (SSSR count). The summed E-state index contributed by atoms with van der Waals surface area (Å²) in [5.74, 6) is 0.985. The topological polar surface area (TPSA) is 35.2 Å². The summed E-state index contributed by atoms with van der Waals surface area (Å²) in [7, 11) is 0. The Hall–Kier alpha value is -2.17. The molecule has 1 saturated heterocycles. The van der Waals surface area contributed by atoms with E-state index in [0.717, 1.165) is 31.4 Å².